The molecule has 2 rings (SSSR count). The topological polar surface area (TPSA) is 70.5 Å². The SMILES string of the molecule is CC(C)N(CC(=O)O)C(=O)CCc1nc2ccccc2s1. The van der Waals surface area contributed by atoms with E-state index in [1.54, 1.807) is 11.3 Å². The van der Waals surface area contributed by atoms with E-state index in [0.717, 1.165) is 15.2 Å². The van der Waals surface area contributed by atoms with Crippen molar-refractivity contribution in [2.75, 3.05) is 6.54 Å². The molecular formula is C15H18N2O3S. The predicted octanol–water partition coefficient (Wildman–Crippen LogP) is 2.55. The van der Waals surface area contributed by atoms with E-state index in [-0.39, 0.29) is 24.9 Å². The lowest BCUT2D eigenvalue weighted by atomic mass is 10.2. The largest absolute Gasteiger partial charge is 0.480 e. The van der Waals surface area contributed by atoms with Crippen LogP contribution < -0.4 is 0 Å². The molecule has 1 N–H and O–H groups in total. The molecule has 1 amide bonds. The van der Waals surface area contributed by atoms with Gasteiger partial charge in [-0.05, 0) is 26.0 Å². The minimum absolute atomic E-state index is 0.121. The molecule has 1 heterocycles. The van der Waals surface area contributed by atoms with Gasteiger partial charge in [0, 0.05) is 18.9 Å². The minimum Gasteiger partial charge on any atom is -0.480 e. The third kappa shape index (κ3) is 4.01. The zero-order chi connectivity index (χ0) is 15.4. The van der Waals surface area contributed by atoms with E-state index in [2.05, 4.69) is 4.98 Å². The highest BCUT2D eigenvalue weighted by atomic mass is 32.1. The Morgan fingerprint density at radius 1 is 1.33 bits per heavy atom. The molecule has 21 heavy (non-hydrogen) atoms. The van der Waals surface area contributed by atoms with Gasteiger partial charge in [-0.15, -0.1) is 11.3 Å². The Kier molecular flexibility index (Phi) is 4.90. The van der Waals surface area contributed by atoms with Gasteiger partial charge in [0.15, 0.2) is 0 Å². The maximum Gasteiger partial charge on any atom is 0.323 e. The fraction of sp³-hybridized carbons (Fsp3) is 0.400. The van der Waals surface area contributed by atoms with Crippen molar-refractivity contribution in [1.82, 2.24) is 9.88 Å². The Morgan fingerprint density at radius 3 is 2.67 bits per heavy atom. The number of benzene rings is 1. The smallest absolute Gasteiger partial charge is 0.323 e. The molecule has 1 aromatic carbocycles. The van der Waals surface area contributed by atoms with Crippen molar-refractivity contribution in [3.63, 3.8) is 0 Å². The summed E-state index contributed by atoms with van der Waals surface area (Å²) in [5, 5.41) is 9.76. The van der Waals surface area contributed by atoms with Crippen LogP contribution in [0.5, 0.6) is 0 Å². The molecule has 0 aliphatic heterocycles. The van der Waals surface area contributed by atoms with Crippen molar-refractivity contribution in [3.05, 3.63) is 29.3 Å². The number of hydrogen-bond donors (Lipinski definition) is 1. The Balaban J connectivity index is 2.00. The molecule has 5 nitrogen and oxygen atoms in total. The summed E-state index contributed by atoms with van der Waals surface area (Å²) >= 11 is 1.58. The number of hydrogen-bond acceptors (Lipinski definition) is 4. The summed E-state index contributed by atoms with van der Waals surface area (Å²) in [4.78, 5) is 28.8. The van der Waals surface area contributed by atoms with Crippen LogP contribution >= 0.6 is 11.3 Å². The van der Waals surface area contributed by atoms with Gasteiger partial charge in [0.25, 0.3) is 0 Å². The van der Waals surface area contributed by atoms with Crippen LogP contribution in [-0.2, 0) is 16.0 Å². The summed E-state index contributed by atoms with van der Waals surface area (Å²) in [6, 6.07) is 7.72. The second-order valence-electron chi connectivity index (χ2n) is 5.08. The third-order valence-electron chi connectivity index (χ3n) is 3.14. The number of thiazole rings is 1. The monoisotopic (exact) mass is 306 g/mol. The Bertz CT molecular complexity index is 618. The van der Waals surface area contributed by atoms with E-state index in [9.17, 15) is 9.59 Å². The molecule has 0 spiro atoms. The van der Waals surface area contributed by atoms with Gasteiger partial charge in [-0.3, -0.25) is 9.59 Å². The fourth-order valence-corrected chi connectivity index (χ4v) is 3.06. The second-order valence-corrected chi connectivity index (χ2v) is 6.20. The average Bonchev–Trinajstić information content (AvgIpc) is 2.84. The quantitative estimate of drug-likeness (QED) is 0.890. The number of aryl methyl sites for hydroxylation is 1. The number of fused-ring (bicyclic) bond motifs is 1. The lowest BCUT2D eigenvalue weighted by Gasteiger charge is -2.24. The van der Waals surface area contributed by atoms with E-state index in [1.807, 2.05) is 38.1 Å². The van der Waals surface area contributed by atoms with Crippen molar-refractivity contribution in [2.24, 2.45) is 0 Å². The lowest BCUT2D eigenvalue weighted by Crippen LogP contribution is -2.40. The van der Waals surface area contributed by atoms with E-state index in [4.69, 9.17) is 5.11 Å². The van der Waals surface area contributed by atoms with Gasteiger partial charge in [0.2, 0.25) is 5.91 Å². The van der Waals surface area contributed by atoms with Gasteiger partial charge in [0.05, 0.1) is 15.2 Å². The molecule has 0 aliphatic rings. The van der Waals surface area contributed by atoms with Gasteiger partial charge in [-0.25, -0.2) is 4.98 Å². The van der Waals surface area contributed by atoms with E-state index in [1.165, 1.54) is 4.90 Å². The summed E-state index contributed by atoms with van der Waals surface area (Å²) < 4.78 is 1.10. The van der Waals surface area contributed by atoms with Crippen molar-refractivity contribution >= 4 is 33.4 Å². The van der Waals surface area contributed by atoms with Crippen LogP contribution in [-0.4, -0.2) is 39.5 Å². The number of carboxylic acid groups (broad SMARTS) is 1. The molecule has 0 unspecified atom stereocenters. The van der Waals surface area contributed by atoms with Crippen LogP contribution in [0.25, 0.3) is 10.2 Å². The highest BCUT2D eigenvalue weighted by Gasteiger charge is 2.19. The average molecular weight is 306 g/mol. The van der Waals surface area contributed by atoms with Gasteiger partial charge >= 0.3 is 5.97 Å². The molecule has 0 saturated carbocycles. The van der Waals surface area contributed by atoms with Crippen molar-refractivity contribution < 1.29 is 14.7 Å². The highest BCUT2D eigenvalue weighted by Crippen LogP contribution is 2.22. The Morgan fingerprint density at radius 2 is 2.05 bits per heavy atom. The summed E-state index contributed by atoms with van der Waals surface area (Å²) in [6.07, 6.45) is 0.826. The van der Waals surface area contributed by atoms with Crippen LogP contribution in [0.15, 0.2) is 24.3 Å². The summed E-state index contributed by atoms with van der Waals surface area (Å²) in [5.41, 5.74) is 0.941. The normalized spacial score (nSPS) is 11.0. The molecular weight excluding hydrogens is 288 g/mol. The molecule has 1 aromatic heterocycles. The van der Waals surface area contributed by atoms with Crippen LogP contribution in [0, 0.1) is 0 Å². The molecule has 6 heteroatoms. The van der Waals surface area contributed by atoms with Gasteiger partial charge in [-0.1, -0.05) is 12.1 Å². The van der Waals surface area contributed by atoms with Crippen molar-refractivity contribution in [1.29, 1.82) is 0 Å². The molecule has 0 aliphatic carbocycles. The summed E-state index contributed by atoms with van der Waals surface area (Å²) in [6.45, 7) is 3.38. The first-order valence-corrected chi connectivity index (χ1v) is 7.64. The van der Waals surface area contributed by atoms with E-state index in [0.29, 0.717) is 6.42 Å². The van der Waals surface area contributed by atoms with E-state index < -0.39 is 5.97 Å². The van der Waals surface area contributed by atoms with E-state index >= 15 is 0 Å². The zero-order valence-electron chi connectivity index (χ0n) is 12.1. The molecule has 0 atom stereocenters. The molecule has 0 bridgehead atoms. The highest BCUT2D eigenvalue weighted by molar-refractivity contribution is 7.18. The van der Waals surface area contributed by atoms with Gasteiger partial charge in [0.1, 0.15) is 6.54 Å². The lowest BCUT2D eigenvalue weighted by molar-refractivity contribution is -0.145. The van der Waals surface area contributed by atoms with Crippen LogP contribution in [0.1, 0.15) is 25.3 Å². The standard InChI is InChI=1S/C15H18N2O3S/c1-10(2)17(9-15(19)20)14(18)8-7-13-16-11-5-3-4-6-12(11)21-13/h3-6,10H,7-9H2,1-2H3,(H,19,20). The number of aliphatic carboxylic acids is 1. The molecule has 2 aromatic rings. The second kappa shape index (κ2) is 6.67. The number of nitrogens with zero attached hydrogens (tertiary/aromatic N) is 2. The first kappa shape index (κ1) is 15.4. The fourth-order valence-electron chi connectivity index (χ4n) is 2.09. The molecule has 0 fully saturated rings. The number of aromatic nitrogens is 1. The zero-order valence-corrected chi connectivity index (χ0v) is 12.9. The first-order chi connectivity index (χ1) is 9.97. The number of rotatable bonds is 6. The number of para-hydroxylation sites is 1. The van der Waals surface area contributed by atoms with Gasteiger partial charge < -0.3 is 10.0 Å². The Labute approximate surface area is 127 Å². The first-order valence-electron chi connectivity index (χ1n) is 6.83. The molecule has 0 saturated heterocycles. The van der Waals surface area contributed by atoms with Gasteiger partial charge in [-0.2, -0.15) is 0 Å². The van der Waals surface area contributed by atoms with Crippen LogP contribution in [0.3, 0.4) is 0 Å². The number of carbonyl (C=O) groups is 2. The number of amides is 1. The molecule has 112 valence electrons. The Hall–Kier alpha value is -1.95. The van der Waals surface area contributed by atoms with Crippen molar-refractivity contribution in [3.8, 4) is 0 Å². The van der Waals surface area contributed by atoms with Crippen LogP contribution in [0.4, 0.5) is 0 Å². The minimum atomic E-state index is -0.989. The van der Waals surface area contributed by atoms with Crippen LogP contribution in [0.2, 0.25) is 0 Å². The summed E-state index contributed by atoms with van der Waals surface area (Å²) in [5.74, 6) is -1.14. The third-order valence-corrected chi connectivity index (χ3v) is 4.24. The number of carboxylic acids is 1. The predicted molar refractivity (Wildman–Crippen MR) is 82.4 cm³/mol. The maximum absolute atomic E-state index is 12.1. The summed E-state index contributed by atoms with van der Waals surface area (Å²) in [7, 11) is 0. The molecule has 0 radical (unpaired) electrons. The van der Waals surface area contributed by atoms with Crippen molar-refractivity contribution in [2.45, 2.75) is 32.7 Å². The number of carbonyl (C=O) groups excluding carboxylic acids is 1. The maximum atomic E-state index is 12.1.